The maximum atomic E-state index is 13.3. The van der Waals surface area contributed by atoms with Crippen molar-refractivity contribution in [1.82, 2.24) is 9.58 Å². The zero-order valence-corrected chi connectivity index (χ0v) is 17.1. The van der Waals surface area contributed by atoms with Crippen LogP contribution in [0.5, 0.6) is 5.75 Å². The summed E-state index contributed by atoms with van der Waals surface area (Å²) in [5, 5.41) is 14.4. The SMILES string of the molecule is CCN(CC)CCn1c2ccc(C)c3c2c([n+]1[O-])-c1ccc(OC)cc1S3. The van der Waals surface area contributed by atoms with Crippen molar-refractivity contribution >= 4 is 22.7 Å². The summed E-state index contributed by atoms with van der Waals surface area (Å²) in [6.45, 7) is 9.95. The third-order valence-electron chi connectivity index (χ3n) is 5.44. The lowest BCUT2D eigenvalue weighted by Gasteiger charge is -2.17. The fraction of sp³-hybridized carbons (Fsp3) is 0.381. The van der Waals surface area contributed by atoms with E-state index in [2.05, 4.69) is 37.8 Å². The van der Waals surface area contributed by atoms with Crippen molar-refractivity contribution in [1.29, 1.82) is 0 Å². The average molecular weight is 384 g/mol. The van der Waals surface area contributed by atoms with Crippen molar-refractivity contribution in [3.05, 3.63) is 41.1 Å². The molecule has 27 heavy (non-hydrogen) atoms. The molecule has 0 bridgehead atoms. The second kappa shape index (κ2) is 7.09. The largest absolute Gasteiger partial charge is 0.595 e. The molecule has 0 radical (unpaired) electrons. The Hall–Kier alpha value is -2.18. The number of rotatable bonds is 6. The minimum Gasteiger partial charge on any atom is -0.595 e. The molecule has 1 aromatic heterocycles. The molecule has 1 aliphatic rings. The first kappa shape index (κ1) is 18.2. The number of hydrogen-bond donors (Lipinski definition) is 0. The van der Waals surface area contributed by atoms with Gasteiger partial charge in [-0.1, -0.05) is 36.5 Å². The van der Waals surface area contributed by atoms with E-state index in [1.807, 2.05) is 22.9 Å². The third-order valence-corrected chi connectivity index (χ3v) is 6.72. The quantitative estimate of drug-likeness (QED) is 0.372. The van der Waals surface area contributed by atoms with E-state index in [1.165, 1.54) is 10.5 Å². The van der Waals surface area contributed by atoms with Gasteiger partial charge in [-0.3, -0.25) is 0 Å². The maximum Gasteiger partial charge on any atom is 0.261 e. The molecule has 0 unspecified atom stereocenters. The van der Waals surface area contributed by atoms with Crippen LogP contribution in [0.3, 0.4) is 0 Å². The zero-order valence-electron chi connectivity index (χ0n) is 16.3. The first-order chi connectivity index (χ1) is 13.1. The van der Waals surface area contributed by atoms with Crippen molar-refractivity contribution in [2.24, 2.45) is 0 Å². The summed E-state index contributed by atoms with van der Waals surface area (Å²) in [5.74, 6) is 0.813. The van der Waals surface area contributed by atoms with Gasteiger partial charge in [0.15, 0.2) is 0 Å². The van der Waals surface area contributed by atoms with Crippen LogP contribution in [0.15, 0.2) is 40.1 Å². The Bertz CT molecular complexity index is 1010. The maximum absolute atomic E-state index is 13.3. The van der Waals surface area contributed by atoms with Crippen LogP contribution in [0.2, 0.25) is 0 Å². The number of likely N-dealkylation sites (N-methyl/N-ethyl adjacent to an activating group) is 1. The lowest BCUT2D eigenvalue weighted by Crippen LogP contribution is -2.41. The van der Waals surface area contributed by atoms with Crippen molar-refractivity contribution in [3.8, 4) is 17.0 Å². The number of hydrogen-bond acceptors (Lipinski definition) is 4. The molecule has 6 heteroatoms. The molecule has 3 aromatic rings. The van der Waals surface area contributed by atoms with Gasteiger partial charge in [-0.2, -0.15) is 0 Å². The van der Waals surface area contributed by atoms with Crippen LogP contribution in [0, 0.1) is 12.1 Å². The van der Waals surface area contributed by atoms with E-state index < -0.39 is 0 Å². The third kappa shape index (κ3) is 2.87. The molecule has 0 atom stereocenters. The highest BCUT2D eigenvalue weighted by Crippen LogP contribution is 2.49. The molecule has 0 saturated carbocycles. The Morgan fingerprint density at radius 3 is 2.67 bits per heavy atom. The number of aromatic nitrogens is 2. The summed E-state index contributed by atoms with van der Waals surface area (Å²) in [7, 11) is 1.67. The van der Waals surface area contributed by atoms with Gasteiger partial charge in [0, 0.05) is 16.3 Å². The summed E-state index contributed by atoms with van der Waals surface area (Å²) in [5.41, 5.74) is 3.96. The second-order valence-electron chi connectivity index (χ2n) is 6.84. The smallest absolute Gasteiger partial charge is 0.261 e. The first-order valence-corrected chi connectivity index (χ1v) is 10.2. The molecule has 2 heterocycles. The normalized spacial score (nSPS) is 12.6. The van der Waals surface area contributed by atoms with Crippen LogP contribution in [0.1, 0.15) is 19.4 Å². The van der Waals surface area contributed by atoms with Crippen LogP contribution in [-0.2, 0) is 6.54 Å². The molecular formula is C21H25N3O2S. The lowest BCUT2D eigenvalue weighted by atomic mass is 10.0. The van der Waals surface area contributed by atoms with Gasteiger partial charge >= 0.3 is 0 Å². The van der Waals surface area contributed by atoms with E-state index in [1.54, 1.807) is 18.9 Å². The standard InChI is InChI=1S/C21H25N3O2S/c1-5-22(6-2)11-12-23-17-10-7-14(3)21-19(17)20(24(23)25)16-9-8-15(26-4)13-18(16)27-21/h7-10,13H,5-6,11-12H2,1-4H3. The molecular weight excluding hydrogens is 358 g/mol. The van der Waals surface area contributed by atoms with E-state index in [0.717, 1.165) is 57.3 Å². The number of methoxy groups -OCH3 is 1. The first-order valence-electron chi connectivity index (χ1n) is 9.43. The van der Waals surface area contributed by atoms with Crippen LogP contribution < -0.4 is 9.58 Å². The topological polar surface area (TPSA) is 44.3 Å². The number of fused-ring (bicyclic) bond motifs is 2. The average Bonchev–Trinajstić information content (AvgIpc) is 2.98. The minimum absolute atomic E-state index is 0.681. The van der Waals surface area contributed by atoms with Gasteiger partial charge in [0.2, 0.25) is 0 Å². The molecule has 0 amide bonds. The predicted molar refractivity (Wildman–Crippen MR) is 110 cm³/mol. The number of ether oxygens (including phenoxy) is 1. The molecule has 4 rings (SSSR count). The summed E-state index contributed by atoms with van der Waals surface area (Å²) >= 11 is 1.73. The highest BCUT2D eigenvalue weighted by molar-refractivity contribution is 7.99. The predicted octanol–water partition coefficient (Wildman–Crippen LogP) is 4.07. The van der Waals surface area contributed by atoms with Crippen LogP contribution in [0.4, 0.5) is 0 Å². The van der Waals surface area contributed by atoms with Crippen LogP contribution in [0.25, 0.3) is 22.2 Å². The molecule has 142 valence electrons. The molecule has 0 fully saturated rings. The zero-order chi connectivity index (χ0) is 19.1. The van der Waals surface area contributed by atoms with Crippen molar-refractivity contribution in [2.45, 2.75) is 37.1 Å². The van der Waals surface area contributed by atoms with Crippen molar-refractivity contribution in [3.63, 3.8) is 0 Å². The molecule has 0 spiro atoms. The Labute approximate surface area is 164 Å². The molecule has 0 aliphatic carbocycles. The van der Waals surface area contributed by atoms with Gasteiger partial charge in [0.25, 0.3) is 5.69 Å². The lowest BCUT2D eigenvalue weighted by molar-refractivity contribution is -0.681. The van der Waals surface area contributed by atoms with Gasteiger partial charge in [0.05, 0.1) is 24.6 Å². The highest BCUT2D eigenvalue weighted by Gasteiger charge is 2.32. The summed E-state index contributed by atoms with van der Waals surface area (Å²) in [6, 6.07) is 10.2. The van der Waals surface area contributed by atoms with E-state index in [4.69, 9.17) is 4.74 Å². The van der Waals surface area contributed by atoms with Gasteiger partial charge in [-0.05, 0) is 49.8 Å². The monoisotopic (exact) mass is 383 g/mol. The van der Waals surface area contributed by atoms with E-state index >= 15 is 0 Å². The van der Waals surface area contributed by atoms with E-state index in [9.17, 15) is 5.21 Å². The molecule has 0 N–H and O–H groups in total. The Kier molecular flexibility index (Phi) is 4.78. The summed E-state index contributed by atoms with van der Waals surface area (Å²) in [6.07, 6.45) is 0. The Morgan fingerprint density at radius 2 is 1.96 bits per heavy atom. The van der Waals surface area contributed by atoms with Gasteiger partial charge in [-0.15, -0.1) is 4.68 Å². The number of benzene rings is 2. The second-order valence-corrected chi connectivity index (χ2v) is 7.89. The van der Waals surface area contributed by atoms with Gasteiger partial charge < -0.3 is 14.8 Å². The van der Waals surface area contributed by atoms with Crippen molar-refractivity contribution < 1.29 is 9.58 Å². The van der Waals surface area contributed by atoms with E-state index in [0.29, 0.717) is 6.54 Å². The summed E-state index contributed by atoms with van der Waals surface area (Å²) < 4.78 is 7.27. The minimum atomic E-state index is 0.681. The number of nitrogens with zero attached hydrogens (tertiary/aromatic N) is 3. The molecule has 1 aliphatic heterocycles. The fourth-order valence-corrected chi connectivity index (χ4v) is 5.01. The Morgan fingerprint density at radius 1 is 1.19 bits per heavy atom. The molecule has 0 saturated heterocycles. The van der Waals surface area contributed by atoms with E-state index in [-0.39, 0.29) is 0 Å². The van der Waals surface area contributed by atoms with Crippen LogP contribution in [-0.4, -0.2) is 36.3 Å². The fourth-order valence-electron chi connectivity index (χ4n) is 3.81. The van der Waals surface area contributed by atoms with Gasteiger partial charge in [-0.25, -0.2) is 0 Å². The van der Waals surface area contributed by atoms with Gasteiger partial charge in [0.1, 0.15) is 11.3 Å². The number of aryl methyl sites for hydroxylation is 1. The molecule has 5 nitrogen and oxygen atoms in total. The molecule has 2 aromatic carbocycles. The van der Waals surface area contributed by atoms with Crippen molar-refractivity contribution in [2.75, 3.05) is 26.7 Å². The highest BCUT2D eigenvalue weighted by atomic mass is 32.2. The van der Waals surface area contributed by atoms with Crippen LogP contribution >= 0.6 is 11.8 Å². The summed E-state index contributed by atoms with van der Waals surface area (Å²) in [4.78, 5) is 5.69. The Balaban J connectivity index is 1.90.